The minimum absolute atomic E-state index is 0.0852. The van der Waals surface area contributed by atoms with E-state index in [2.05, 4.69) is 20.5 Å². The van der Waals surface area contributed by atoms with E-state index >= 15 is 0 Å². The molecule has 7 nitrogen and oxygen atoms in total. The van der Waals surface area contributed by atoms with Crippen LogP contribution in [0.4, 0.5) is 5.69 Å². The summed E-state index contributed by atoms with van der Waals surface area (Å²) in [6.45, 7) is 4.63. The first-order valence-electron chi connectivity index (χ1n) is 7.07. The van der Waals surface area contributed by atoms with Gasteiger partial charge in [-0.1, -0.05) is 13.8 Å². The first-order chi connectivity index (χ1) is 10.1. The highest BCUT2D eigenvalue weighted by Gasteiger charge is 2.12. The zero-order chi connectivity index (χ0) is 15.2. The van der Waals surface area contributed by atoms with Gasteiger partial charge in [0.05, 0.1) is 5.69 Å². The van der Waals surface area contributed by atoms with Crippen molar-refractivity contribution in [3.8, 4) is 0 Å². The summed E-state index contributed by atoms with van der Waals surface area (Å²) in [5.41, 5.74) is 0.466. The Morgan fingerprint density at radius 3 is 2.86 bits per heavy atom. The van der Waals surface area contributed by atoms with Crippen molar-refractivity contribution >= 4 is 11.6 Å². The van der Waals surface area contributed by atoms with Gasteiger partial charge >= 0.3 is 0 Å². The molecular weight excluding hydrogens is 270 g/mol. The third-order valence-electron chi connectivity index (χ3n) is 2.93. The van der Waals surface area contributed by atoms with Crippen LogP contribution in [0.2, 0.25) is 0 Å². The molecule has 0 saturated heterocycles. The molecule has 7 heteroatoms. The lowest BCUT2D eigenvalue weighted by Gasteiger charge is -2.07. The van der Waals surface area contributed by atoms with E-state index in [1.54, 1.807) is 16.8 Å². The van der Waals surface area contributed by atoms with Gasteiger partial charge in [-0.15, -0.1) is 5.10 Å². The molecule has 0 saturated carbocycles. The minimum Gasteiger partial charge on any atom is -0.318 e. The van der Waals surface area contributed by atoms with Crippen LogP contribution in [0, 0.1) is 0 Å². The molecule has 0 aliphatic carbocycles. The Balaban J connectivity index is 2.11. The van der Waals surface area contributed by atoms with E-state index in [1.165, 1.54) is 6.07 Å². The van der Waals surface area contributed by atoms with E-state index in [0.29, 0.717) is 18.1 Å². The molecule has 2 aromatic heterocycles. The number of aromatic amines is 1. The summed E-state index contributed by atoms with van der Waals surface area (Å²) < 4.78 is 1.57. The van der Waals surface area contributed by atoms with Gasteiger partial charge in [-0.2, -0.15) is 0 Å². The Morgan fingerprint density at radius 1 is 1.33 bits per heavy atom. The summed E-state index contributed by atoms with van der Waals surface area (Å²) in [4.78, 5) is 27.8. The van der Waals surface area contributed by atoms with Gasteiger partial charge in [0, 0.05) is 25.2 Å². The lowest BCUT2D eigenvalue weighted by Crippen LogP contribution is -2.21. The summed E-state index contributed by atoms with van der Waals surface area (Å²) in [5, 5.41) is 9.32. The summed E-state index contributed by atoms with van der Waals surface area (Å²) in [5.74, 6) is 0.403. The number of nitrogens with one attached hydrogen (secondary N) is 2. The van der Waals surface area contributed by atoms with Crippen LogP contribution < -0.4 is 10.9 Å². The van der Waals surface area contributed by atoms with Crippen LogP contribution >= 0.6 is 0 Å². The number of carbonyl (C=O) groups is 1. The fraction of sp³-hybridized carbons (Fsp3) is 0.429. The van der Waals surface area contributed by atoms with E-state index in [4.69, 9.17) is 0 Å². The third-order valence-corrected chi connectivity index (χ3v) is 2.93. The molecule has 2 heterocycles. The largest absolute Gasteiger partial charge is 0.318 e. The quantitative estimate of drug-likeness (QED) is 0.844. The van der Waals surface area contributed by atoms with Gasteiger partial charge in [0.15, 0.2) is 0 Å². The molecular formula is C14H19N5O2. The van der Waals surface area contributed by atoms with E-state index in [1.807, 2.05) is 13.8 Å². The van der Waals surface area contributed by atoms with Gasteiger partial charge in [-0.25, -0.2) is 4.98 Å². The maximum Gasteiger partial charge on any atom is 0.295 e. The van der Waals surface area contributed by atoms with Crippen molar-refractivity contribution < 1.29 is 4.79 Å². The summed E-state index contributed by atoms with van der Waals surface area (Å²) >= 11 is 0. The fourth-order valence-corrected chi connectivity index (χ4v) is 1.95. The highest BCUT2D eigenvalue weighted by atomic mass is 16.2. The van der Waals surface area contributed by atoms with Crippen molar-refractivity contribution in [3.05, 3.63) is 40.3 Å². The highest BCUT2D eigenvalue weighted by Crippen LogP contribution is 2.06. The lowest BCUT2D eigenvalue weighted by atomic mass is 10.3. The molecule has 21 heavy (non-hydrogen) atoms. The summed E-state index contributed by atoms with van der Waals surface area (Å²) in [6, 6.07) is 3.01. The van der Waals surface area contributed by atoms with Crippen LogP contribution in [-0.2, 0) is 13.0 Å². The summed E-state index contributed by atoms with van der Waals surface area (Å²) in [7, 11) is 0. The second-order valence-electron chi connectivity index (χ2n) is 4.76. The highest BCUT2D eigenvalue weighted by molar-refractivity contribution is 6.01. The molecule has 0 atom stereocenters. The molecule has 0 unspecified atom stereocenters. The molecule has 0 aliphatic rings. The minimum atomic E-state index is -0.393. The van der Waals surface area contributed by atoms with Crippen molar-refractivity contribution in [2.45, 2.75) is 39.7 Å². The number of amides is 1. The van der Waals surface area contributed by atoms with Gasteiger partial charge < -0.3 is 9.88 Å². The number of hydrogen-bond donors (Lipinski definition) is 2. The Kier molecular flexibility index (Phi) is 4.86. The Labute approximate surface area is 122 Å². The first kappa shape index (κ1) is 15.0. The van der Waals surface area contributed by atoms with E-state index in [-0.39, 0.29) is 11.4 Å². The van der Waals surface area contributed by atoms with Gasteiger partial charge in [-0.3, -0.25) is 14.7 Å². The molecule has 0 fully saturated rings. The molecule has 0 spiro atoms. The monoisotopic (exact) mass is 289 g/mol. The van der Waals surface area contributed by atoms with Gasteiger partial charge in [0.1, 0.15) is 5.82 Å². The smallest absolute Gasteiger partial charge is 0.295 e. The zero-order valence-electron chi connectivity index (χ0n) is 12.2. The van der Waals surface area contributed by atoms with Crippen LogP contribution in [-0.4, -0.2) is 25.7 Å². The van der Waals surface area contributed by atoms with E-state index < -0.39 is 5.91 Å². The third kappa shape index (κ3) is 3.77. The molecule has 1 amide bonds. The van der Waals surface area contributed by atoms with Crippen LogP contribution in [0.5, 0.6) is 0 Å². The lowest BCUT2D eigenvalue weighted by molar-refractivity contribution is 0.101. The van der Waals surface area contributed by atoms with Gasteiger partial charge in [0.25, 0.3) is 11.5 Å². The Bertz CT molecular complexity index is 674. The van der Waals surface area contributed by atoms with Crippen LogP contribution in [0.1, 0.15) is 43.1 Å². The number of pyridine rings is 1. The average Bonchev–Trinajstić information content (AvgIpc) is 2.92. The second-order valence-corrected chi connectivity index (χ2v) is 4.76. The van der Waals surface area contributed by atoms with E-state index in [0.717, 1.165) is 19.3 Å². The van der Waals surface area contributed by atoms with Crippen molar-refractivity contribution in [3.63, 3.8) is 0 Å². The topological polar surface area (TPSA) is 92.7 Å². The molecule has 112 valence electrons. The number of H-pyrrole nitrogens is 1. The summed E-state index contributed by atoms with van der Waals surface area (Å²) in [6.07, 6.45) is 4.15. The molecule has 2 aromatic rings. The Hall–Kier alpha value is -2.44. The first-order valence-corrected chi connectivity index (χ1v) is 7.07. The number of aryl methyl sites for hydroxylation is 2. The number of nitrogens with zero attached hydrogens (tertiary/aromatic N) is 3. The fourth-order valence-electron chi connectivity index (χ4n) is 1.95. The SMILES string of the molecule is CCCc1nc(C(=O)Nc2ccc(=O)n(CCC)c2)n[nH]1. The average molecular weight is 289 g/mol. The number of anilines is 1. The molecule has 0 bridgehead atoms. The second kappa shape index (κ2) is 6.83. The van der Waals surface area contributed by atoms with Gasteiger partial charge in [-0.05, 0) is 18.9 Å². The predicted octanol–water partition coefficient (Wildman–Crippen LogP) is 1.58. The molecule has 0 radical (unpaired) electrons. The normalized spacial score (nSPS) is 10.6. The van der Waals surface area contributed by atoms with Gasteiger partial charge in [0.2, 0.25) is 5.82 Å². The maximum atomic E-state index is 12.0. The zero-order valence-corrected chi connectivity index (χ0v) is 12.2. The number of aromatic nitrogens is 4. The van der Waals surface area contributed by atoms with Crippen LogP contribution in [0.15, 0.2) is 23.1 Å². The molecule has 0 aromatic carbocycles. The maximum absolute atomic E-state index is 12.0. The predicted molar refractivity (Wildman–Crippen MR) is 79.3 cm³/mol. The van der Waals surface area contributed by atoms with E-state index in [9.17, 15) is 9.59 Å². The molecule has 0 aliphatic heterocycles. The number of rotatable bonds is 6. The van der Waals surface area contributed by atoms with Crippen molar-refractivity contribution in [2.24, 2.45) is 0 Å². The number of hydrogen-bond acceptors (Lipinski definition) is 4. The van der Waals surface area contributed by atoms with Crippen LogP contribution in [0.25, 0.3) is 0 Å². The van der Waals surface area contributed by atoms with Crippen molar-refractivity contribution in [1.82, 2.24) is 19.7 Å². The van der Waals surface area contributed by atoms with Crippen molar-refractivity contribution in [1.29, 1.82) is 0 Å². The standard InChI is InChI=1S/C14H19N5O2/c1-3-5-11-16-13(18-17-11)14(21)15-10-6-7-12(20)19(9-10)8-4-2/h6-7,9H,3-5,8H2,1-2H3,(H,15,21)(H,16,17,18). The number of carbonyl (C=O) groups excluding carboxylic acids is 1. The Morgan fingerprint density at radius 2 is 2.14 bits per heavy atom. The van der Waals surface area contributed by atoms with Crippen LogP contribution in [0.3, 0.4) is 0 Å². The van der Waals surface area contributed by atoms with Crippen molar-refractivity contribution in [2.75, 3.05) is 5.32 Å². The molecule has 2 rings (SSSR count). The molecule has 2 N–H and O–H groups in total.